The molecule has 5 nitrogen and oxygen atoms in total. The standard InChI is InChI=1S/C23H25NO4/c1-26-20-15-17(16-21(27-2)23(20)28-3)9-10-22(25)24-13-11-19(12-14-24)18-7-5-4-6-8-18/h4-11,15-16H,12-14H2,1-3H3. The van der Waals surface area contributed by atoms with Crippen LogP contribution in [0.15, 0.2) is 54.6 Å². The van der Waals surface area contributed by atoms with Crippen molar-refractivity contribution in [2.45, 2.75) is 6.42 Å². The lowest BCUT2D eigenvalue weighted by Crippen LogP contribution is -2.33. The van der Waals surface area contributed by atoms with Crippen LogP contribution in [-0.2, 0) is 4.79 Å². The van der Waals surface area contributed by atoms with Gasteiger partial charge >= 0.3 is 0 Å². The smallest absolute Gasteiger partial charge is 0.246 e. The van der Waals surface area contributed by atoms with Gasteiger partial charge in [-0.2, -0.15) is 0 Å². The number of hydrogen-bond donors (Lipinski definition) is 0. The van der Waals surface area contributed by atoms with Crippen LogP contribution in [0.25, 0.3) is 11.6 Å². The van der Waals surface area contributed by atoms with E-state index in [0.29, 0.717) is 30.3 Å². The first-order valence-corrected chi connectivity index (χ1v) is 9.17. The van der Waals surface area contributed by atoms with Crippen LogP contribution in [0.5, 0.6) is 17.2 Å². The van der Waals surface area contributed by atoms with E-state index >= 15 is 0 Å². The lowest BCUT2D eigenvalue weighted by atomic mass is 9.99. The van der Waals surface area contributed by atoms with Crippen molar-refractivity contribution in [1.82, 2.24) is 4.90 Å². The summed E-state index contributed by atoms with van der Waals surface area (Å²) in [4.78, 5) is 14.4. The van der Waals surface area contributed by atoms with Gasteiger partial charge < -0.3 is 19.1 Å². The van der Waals surface area contributed by atoms with Gasteiger partial charge in [-0.3, -0.25) is 4.79 Å². The lowest BCUT2D eigenvalue weighted by molar-refractivity contribution is -0.125. The molecule has 1 aliphatic rings. The van der Waals surface area contributed by atoms with Crippen molar-refractivity contribution in [3.05, 3.63) is 65.7 Å². The zero-order chi connectivity index (χ0) is 19.9. The Balaban J connectivity index is 1.70. The van der Waals surface area contributed by atoms with Crippen molar-refractivity contribution < 1.29 is 19.0 Å². The van der Waals surface area contributed by atoms with Crippen LogP contribution in [0.2, 0.25) is 0 Å². The Bertz CT molecular complexity index is 862. The number of ether oxygens (including phenoxy) is 3. The number of benzene rings is 2. The number of carbonyl (C=O) groups excluding carboxylic acids is 1. The molecule has 0 bridgehead atoms. The van der Waals surface area contributed by atoms with Crippen molar-refractivity contribution in [2.24, 2.45) is 0 Å². The summed E-state index contributed by atoms with van der Waals surface area (Å²) in [6.07, 6.45) is 6.34. The first kappa shape index (κ1) is 19.5. The highest BCUT2D eigenvalue weighted by Crippen LogP contribution is 2.38. The van der Waals surface area contributed by atoms with Crippen molar-refractivity contribution in [2.75, 3.05) is 34.4 Å². The average Bonchev–Trinajstić information content (AvgIpc) is 2.77. The van der Waals surface area contributed by atoms with Crippen LogP contribution in [-0.4, -0.2) is 45.2 Å². The highest BCUT2D eigenvalue weighted by Gasteiger charge is 2.16. The van der Waals surface area contributed by atoms with Gasteiger partial charge in [0.05, 0.1) is 21.3 Å². The molecular weight excluding hydrogens is 354 g/mol. The molecule has 0 fully saturated rings. The molecule has 3 rings (SSSR count). The number of rotatable bonds is 6. The van der Waals surface area contributed by atoms with Crippen LogP contribution >= 0.6 is 0 Å². The summed E-state index contributed by atoms with van der Waals surface area (Å²) in [5, 5.41) is 0. The molecule has 2 aromatic rings. The molecule has 28 heavy (non-hydrogen) atoms. The van der Waals surface area contributed by atoms with E-state index in [1.54, 1.807) is 33.5 Å². The van der Waals surface area contributed by atoms with Gasteiger partial charge in [-0.1, -0.05) is 36.4 Å². The maximum absolute atomic E-state index is 12.6. The predicted molar refractivity (Wildman–Crippen MR) is 111 cm³/mol. The summed E-state index contributed by atoms with van der Waals surface area (Å²) in [7, 11) is 4.70. The van der Waals surface area contributed by atoms with Crippen LogP contribution < -0.4 is 14.2 Å². The van der Waals surface area contributed by atoms with E-state index in [9.17, 15) is 4.79 Å². The van der Waals surface area contributed by atoms with Crippen LogP contribution in [0.1, 0.15) is 17.5 Å². The maximum Gasteiger partial charge on any atom is 0.246 e. The first-order chi connectivity index (χ1) is 13.7. The molecule has 0 saturated heterocycles. The van der Waals surface area contributed by atoms with Gasteiger partial charge in [0.2, 0.25) is 11.7 Å². The number of hydrogen-bond acceptors (Lipinski definition) is 4. The number of carbonyl (C=O) groups is 1. The van der Waals surface area contributed by atoms with Gasteiger partial charge in [-0.25, -0.2) is 0 Å². The largest absolute Gasteiger partial charge is 0.493 e. The minimum atomic E-state index is -0.0166. The van der Waals surface area contributed by atoms with Crippen molar-refractivity contribution >= 4 is 17.6 Å². The van der Waals surface area contributed by atoms with Crippen molar-refractivity contribution in [1.29, 1.82) is 0 Å². The van der Waals surface area contributed by atoms with E-state index in [1.807, 2.05) is 35.2 Å². The molecule has 0 saturated carbocycles. The molecule has 0 aromatic heterocycles. The summed E-state index contributed by atoms with van der Waals surface area (Å²) in [5.74, 6) is 1.63. The normalized spacial score (nSPS) is 14.0. The molecular formula is C23H25NO4. The van der Waals surface area contributed by atoms with Gasteiger partial charge in [0, 0.05) is 19.2 Å². The number of methoxy groups -OCH3 is 3. The van der Waals surface area contributed by atoms with E-state index in [4.69, 9.17) is 14.2 Å². The third-order valence-corrected chi connectivity index (χ3v) is 4.77. The fourth-order valence-electron chi connectivity index (χ4n) is 3.25. The topological polar surface area (TPSA) is 48.0 Å². The van der Waals surface area contributed by atoms with Crippen LogP contribution in [0.4, 0.5) is 0 Å². The average molecular weight is 379 g/mol. The zero-order valence-corrected chi connectivity index (χ0v) is 16.5. The second-order valence-corrected chi connectivity index (χ2v) is 6.42. The van der Waals surface area contributed by atoms with Gasteiger partial charge in [-0.15, -0.1) is 0 Å². The molecule has 1 amide bonds. The fourth-order valence-corrected chi connectivity index (χ4v) is 3.25. The predicted octanol–water partition coefficient (Wildman–Crippen LogP) is 4.04. The van der Waals surface area contributed by atoms with E-state index in [2.05, 4.69) is 18.2 Å². The maximum atomic E-state index is 12.6. The van der Waals surface area contributed by atoms with E-state index in [-0.39, 0.29) is 5.91 Å². The molecule has 146 valence electrons. The Labute approximate surface area is 165 Å². The van der Waals surface area contributed by atoms with Gasteiger partial charge in [-0.05, 0) is 41.3 Å². The van der Waals surface area contributed by atoms with Crippen LogP contribution in [0.3, 0.4) is 0 Å². The Kier molecular flexibility index (Phi) is 6.37. The fraction of sp³-hybridized carbons (Fsp3) is 0.261. The Morgan fingerprint density at radius 2 is 1.68 bits per heavy atom. The summed E-state index contributed by atoms with van der Waals surface area (Å²) < 4.78 is 16.0. The molecule has 0 spiro atoms. The molecule has 0 aliphatic carbocycles. The lowest BCUT2D eigenvalue weighted by Gasteiger charge is -2.25. The summed E-state index contributed by atoms with van der Waals surface area (Å²) in [6, 6.07) is 13.9. The van der Waals surface area contributed by atoms with Crippen LogP contribution in [0, 0.1) is 0 Å². The monoisotopic (exact) mass is 379 g/mol. The summed E-state index contributed by atoms with van der Waals surface area (Å²) in [5.41, 5.74) is 3.32. The highest BCUT2D eigenvalue weighted by atomic mass is 16.5. The molecule has 0 N–H and O–H groups in total. The van der Waals surface area contributed by atoms with Crippen molar-refractivity contribution in [3.8, 4) is 17.2 Å². The quantitative estimate of drug-likeness (QED) is 0.711. The van der Waals surface area contributed by atoms with E-state index in [1.165, 1.54) is 11.1 Å². The first-order valence-electron chi connectivity index (χ1n) is 9.17. The Hall–Kier alpha value is -3.21. The van der Waals surface area contributed by atoms with E-state index < -0.39 is 0 Å². The van der Waals surface area contributed by atoms with Gasteiger partial charge in [0.1, 0.15) is 0 Å². The molecule has 1 heterocycles. The molecule has 0 unspecified atom stereocenters. The van der Waals surface area contributed by atoms with E-state index in [0.717, 1.165) is 12.0 Å². The molecule has 5 heteroatoms. The number of nitrogens with zero attached hydrogens (tertiary/aromatic N) is 1. The number of amides is 1. The summed E-state index contributed by atoms with van der Waals surface area (Å²) in [6.45, 7) is 1.32. The second-order valence-electron chi connectivity index (χ2n) is 6.42. The molecule has 2 aromatic carbocycles. The molecule has 1 aliphatic heterocycles. The second kappa shape index (κ2) is 9.13. The molecule has 0 radical (unpaired) electrons. The minimum absolute atomic E-state index is 0.0166. The third kappa shape index (κ3) is 4.36. The Morgan fingerprint density at radius 1 is 1.00 bits per heavy atom. The Morgan fingerprint density at radius 3 is 2.21 bits per heavy atom. The SMILES string of the molecule is COc1cc(C=CC(=O)N2CC=C(c3ccccc3)CC2)cc(OC)c1OC. The minimum Gasteiger partial charge on any atom is -0.493 e. The summed E-state index contributed by atoms with van der Waals surface area (Å²) >= 11 is 0. The highest BCUT2D eigenvalue weighted by molar-refractivity contribution is 5.92. The van der Waals surface area contributed by atoms with Gasteiger partial charge in [0.25, 0.3) is 0 Å². The molecule has 0 atom stereocenters. The zero-order valence-electron chi connectivity index (χ0n) is 16.5. The van der Waals surface area contributed by atoms with Crippen molar-refractivity contribution in [3.63, 3.8) is 0 Å². The third-order valence-electron chi connectivity index (χ3n) is 4.77. The van der Waals surface area contributed by atoms with Gasteiger partial charge in [0.15, 0.2) is 11.5 Å².